The normalized spacial score (nSPS) is 19.6. The molecule has 9 heteroatoms. The second-order valence-electron chi connectivity index (χ2n) is 5.78. The van der Waals surface area contributed by atoms with E-state index in [1.807, 2.05) is 0 Å². The van der Waals surface area contributed by atoms with E-state index in [2.05, 4.69) is 0 Å². The Labute approximate surface area is 156 Å². The highest BCUT2D eigenvalue weighted by molar-refractivity contribution is 5.92. The maximum absolute atomic E-state index is 12.8. The van der Waals surface area contributed by atoms with E-state index in [1.165, 1.54) is 25.2 Å². The molecule has 0 aromatic heterocycles. The number of esters is 4. The topological polar surface area (TPSA) is 122 Å². The van der Waals surface area contributed by atoms with Crippen LogP contribution in [-0.4, -0.2) is 54.1 Å². The summed E-state index contributed by atoms with van der Waals surface area (Å²) in [5.41, 5.74) is 0. The number of cyclic esters (lactones) is 1. The molecule has 0 bridgehead atoms. The summed E-state index contributed by atoms with van der Waals surface area (Å²) in [6.45, 7) is 4.70. The molecule has 0 saturated carbocycles. The first-order chi connectivity index (χ1) is 12.6. The Hall–Kier alpha value is -2.97. The highest BCUT2D eigenvalue weighted by atomic mass is 16.6. The smallest absolute Gasteiger partial charge is 0.331 e. The van der Waals surface area contributed by atoms with Crippen LogP contribution >= 0.6 is 0 Å². The second kappa shape index (κ2) is 10.2. The second-order valence-corrected chi connectivity index (χ2v) is 5.78. The molecule has 148 valence electrons. The van der Waals surface area contributed by atoms with Crippen LogP contribution in [0.3, 0.4) is 0 Å². The molecule has 4 atom stereocenters. The van der Waals surface area contributed by atoms with E-state index < -0.39 is 54.1 Å². The van der Waals surface area contributed by atoms with Crippen LogP contribution in [-0.2, 0) is 42.9 Å². The molecule has 0 saturated heterocycles. The Kier molecular flexibility index (Phi) is 8.37. The van der Waals surface area contributed by atoms with Crippen LogP contribution in [0.5, 0.6) is 0 Å². The third-order valence-corrected chi connectivity index (χ3v) is 3.32. The molecule has 9 nitrogen and oxygen atoms in total. The van der Waals surface area contributed by atoms with Gasteiger partial charge in [0.25, 0.3) is 0 Å². The largest absolute Gasteiger partial charge is 0.458 e. The van der Waals surface area contributed by atoms with Gasteiger partial charge in [0.15, 0.2) is 6.10 Å². The summed E-state index contributed by atoms with van der Waals surface area (Å²) >= 11 is 0. The first kappa shape index (κ1) is 22.1. The van der Waals surface area contributed by atoms with Crippen LogP contribution in [0.25, 0.3) is 0 Å². The lowest BCUT2D eigenvalue weighted by Gasteiger charge is -2.25. The third-order valence-electron chi connectivity index (χ3n) is 3.32. The minimum atomic E-state index is -1.48. The van der Waals surface area contributed by atoms with Gasteiger partial charge in [0.2, 0.25) is 11.9 Å². The van der Waals surface area contributed by atoms with Crippen molar-refractivity contribution in [2.24, 2.45) is 0 Å². The average Bonchev–Trinajstić information content (AvgIpc) is 2.54. The highest BCUT2D eigenvalue weighted by Crippen LogP contribution is 2.14. The minimum absolute atomic E-state index is 0.389. The molecule has 1 heterocycles. The summed E-state index contributed by atoms with van der Waals surface area (Å²) < 4.78 is 19.9. The molecule has 1 aliphatic heterocycles. The summed E-state index contributed by atoms with van der Waals surface area (Å²) in [6, 6.07) is 0. The molecule has 0 unspecified atom stereocenters. The molecule has 0 radical (unpaired) electrons. The number of rotatable bonds is 8. The van der Waals surface area contributed by atoms with Crippen molar-refractivity contribution in [2.45, 2.75) is 58.5 Å². The van der Waals surface area contributed by atoms with E-state index in [0.29, 0.717) is 6.42 Å². The summed E-state index contributed by atoms with van der Waals surface area (Å²) in [7, 11) is 0. The summed E-state index contributed by atoms with van der Waals surface area (Å²) in [5, 5.41) is 0. The minimum Gasteiger partial charge on any atom is -0.458 e. The van der Waals surface area contributed by atoms with Gasteiger partial charge in [-0.25, -0.2) is 4.79 Å². The molecule has 0 aliphatic carbocycles. The highest BCUT2D eigenvalue weighted by Gasteiger charge is 2.36. The SMILES string of the molecule is CC(=O)O[C@@H](C)[C@H](OC(C)=O)C(=O)[C@@H](/C=C\[C@H]1CC=CC(=O)O1)OC(C)=O. The Morgan fingerprint density at radius 2 is 1.67 bits per heavy atom. The van der Waals surface area contributed by atoms with Gasteiger partial charge in [-0.2, -0.15) is 0 Å². The van der Waals surface area contributed by atoms with Crippen LogP contribution in [0.2, 0.25) is 0 Å². The molecular weight excluding hydrogens is 360 g/mol. The molecule has 1 rings (SSSR count). The average molecular weight is 382 g/mol. The van der Waals surface area contributed by atoms with Crippen molar-refractivity contribution in [1.82, 2.24) is 0 Å². The molecule has 0 spiro atoms. The van der Waals surface area contributed by atoms with Crippen molar-refractivity contribution in [2.75, 3.05) is 0 Å². The molecule has 0 aromatic rings. The summed E-state index contributed by atoms with van der Waals surface area (Å²) in [4.78, 5) is 57.8. The zero-order chi connectivity index (χ0) is 20.6. The van der Waals surface area contributed by atoms with E-state index >= 15 is 0 Å². The zero-order valence-corrected chi connectivity index (χ0v) is 15.5. The monoisotopic (exact) mass is 382 g/mol. The molecule has 1 aliphatic rings. The lowest BCUT2D eigenvalue weighted by atomic mass is 10.0. The third kappa shape index (κ3) is 7.85. The first-order valence-electron chi connectivity index (χ1n) is 8.21. The van der Waals surface area contributed by atoms with Crippen molar-refractivity contribution >= 4 is 29.7 Å². The van der Waals surface area contributed by atoms with Gasteiger partial charge in [-0.1, -0.05) is 6.08 Å². The Morgan fingerprint density at radius 3 is 2.19 bits per heavy atom. The standard InChI is InChI=1S/C18H22O9/c1-10(24-11(2)19)18(26-13(4)21)17(23)15(25-12(3)20)9-8-14-6-5-7-16(22)27-14/h5,7-10,14-15,18H,6H2,1-4H3/b9-8-/t10-,14+,15+,18-/m0/s1. The van der Waals surface area contributed by atoms with Crippen LogP contribution in [0.15, 0.2) is 24.3 Å². The Morgan fingerprint density at radius 1 is 1.07 bits per heavy atom. The van der Waals surface area contributed by atoms with E-state index in [9.17, 15) is 24.0 Å². The van der Waals surface area contributed by atoms with E-state index in [1.54, 1.807) is 6.08 Å². The molecule has 0 amide bonds. The number of ketones is 1. The number of carbonyl (C=O) groups excluding carboxylic acids is 5. The van der Waals surface area contributed by atoms with E-state index in [0.717, 1.165) is 20.8 Å². The van der Waals surface area contributed by atoms with Gasteiger partial charge in [-0.3, -0.25) is 19.2 Å². The summed E-state index contributed by atoms with van der Waals surface area (Å²) in [6.07, 6.45) is 1.27. The molecule has 27 heavy (non-hydrogen) atoms. The number of hydrogen-bond donors (Lipinski definition) is 0. The van der Waals surface area contributed by atoms with Gasteiger partial charge < -0.3 is 18.9 Å². The van der Waals surface area contributed by atoms with Crippen LogP contribution in [0.4, 0.5) is 0 Å². The van der Waals surface area contributed by atoms with Crippen molar-refractivity contribution in [1.29, 1.82) is 0 Å². The molecule has 0 N–H and O–H groups in total. The van der Waals surface area contributed by atoms with Crippen LogP contribution in [0, 0.1) is 0 Å². The van der Waals surface area contributed by atoms with Gasteiger partial charge in [0.05, 0.1) is 0 Å². The quantitative estimate of drug-likeness (QED) is 0.341. The van der Waals surface area contributed by atoms with Crippen molar-refractivity contribution in [3.8, 4) is 0 Å². The van der Waals surface area contributed by atoms with Crippen LogP contribution < -0.4 is 0 Å². The van der Waals surface area contributed by atoms with Crippen molar-refractivity contribution < 1.29 is 42.9 Å². The van der Waals surface area contributed by atoms with Crippen molar-refractivity contribution in [3.05, 3.63) is 24.3 Å². The van der Waals surface area contributed by atoms with Crippen LogP contribution in [0.1, 0.15) is 34.1 Å². The Bertz CT molecular complexity index is 662. The fourth-order valence-electron chi connectivity index (χ4n) is 2.30. The predicted octanol–water partition coefficient (Wildman–Crippen LogP) is 0.798. The Balaban J connectivity index is 3.02. The number of ether oxygens (including phenoxy) is 4. The van der Waals surface area contributed by atoms with Gasteiger partial charge >= 0.3 is 23.9 Å². The zero-order valence-electron chi connectivity index (χ0n) is 15.5. The molecule has 0 aromatic carbocycles. The molecule has 0 fully saturated rings. The fraction of sp³-hybridized carbons (Fsp3) is 0.500. The lowest BCUT2D eigenvalue weighted by Crippen LogP contribution is -2.44. The van der Waals surface area contributed by atoms with Gasteiger partial charge in [-0.15, -0.1) is 0 Å². The fourth-order valence-corrected chi connectivity index (χ4v) is 2.30. The van der Waals surface area contributed by atoms with E-state index in [4.69, 9.17) is 18.9 Å². The van der Waals surface area contributed by atoms with Crippen molar-refractivity contribution in [3.63, 3.8) is 0 Å². The van der Waals surface area contributed by atoms with Gasteiger partial charge in [0, 0.05) is 33.3 Å². The molecular formula is C18H22O9. The summed E-state index contributed by atoms with van der Waals surface area (Å²) in [5.74, 6) is -3.53. The van der Waals surface area contributed by atoms with Gasteiger partial charge in [-0.05, 0) is 19.1 Å². The first-order valence-corrected chi connectivity index (χ1v) is 8.21. The lowest BCUT2D eigenvalue weighted by molar-refractivity contribution is -0.172. The van der Waals surface area contributed by atoms with E-state index in [-0.39, 0.29) is 0 Å². The number of hydrogen-bond acceptors (Lipinski definition) is 9. The van der Waals surface area contributed by atoms with Gasteiger partial charge in [0.1, 0.15) is 12.2 Å². The number of Topliss-reactive ketones (excluding diaryl/α,β-unsaturated/α-hetero) is 1. The maximum atomic E-state index is 12.8. The number of carbonyl (C=O) groups is 5. The maximum Gasteiger partial charge on any atom is 0.331 e. The predicted molar refractivity (Wildman–Crippen MR) is 90.1 cm³/mol.